The molecular formula is C21H28N2O4. The molecule has 6 nitrogen and oxygen atoms in total. The lowest BCUT2D eigenvalue weighted by Gasteiger charge is -2.33. The van der Waals surface area contributed by atoms with Crippen molar-refractivity contribution in [1.29, 1.82) is 0 Å². The molecule has 1 N–H and O–H groups in total. The van der Waals surface area contributed by atoms with Gasteiger partial charge in [-0.25, -0.2) is 0 Å². The topological polar surface area (TPSA) is 63.9 Å². The molecule has 1 saturated heterocycles. The van der Waals surface area contributed by atoms with Crippen molar-refractivity contribution in [3.05, 3.63) is 54.0 Å². The SMILES string of the molecule is CCCCOc1ccc(C(=O)NC[C@H](c2ccco2)N2CCOCC2)cc1. The molecule has 1 fully saturated rings. The van der Waals surface area contributed by atoms with Crippen LogP contribution < -0.4 is 10.1 Å². The van der Waals surface area contributed by atoms with Crippen LogP contribution in [0, 0.1) is 0 Å². The minimum atomic E-state index is -0.0973. The summed E-state index contributed by atoms with van der Waals surface area (Å²) in [5, 5.41) is 3.03. The molecule has 1 aromatic carbocycles. The molecule has 6 heteroatoms. The van der Waals surface area contributed by atoms with Gasteiger partial charge in [0.05, 0.1) is 32.1 Å². The van der Waals surface area contributed by atoms with Crippen LogP contribution in [-0.2, 0) is 4.74 Å². The van der Waals surface area contributed by atoms with Crippen LogP contribution in [0.15, 0.2) is 47.1 Å². The van der Waals surface area contributed by atoms with E-state index in [0.29, 0.717) is 31.9 Å². The molecule has 3 rings (SSSR count). The van der Waals surface area contributed by atoms with Crippen molar-refractivity contribution in [2.45, 2.75) is 25.8 Å². The lowest BCUT2D eigenvalue weighted by Crippen LogP contribution is -2.43. The molecular weight excluding hydrogens is 344 g/mol. The van der Waals surface area contributed by atoms with Gasteiger partial charge in [0.2, 0.25) is 0 Å². The molecule has 2 aromatic rings. The summed E-state index contributed by atoms with van der Waals surface area (Å²) in [5.41, 5.74) is 0.623. The summed E-state index contributed by atoms with van der Waals surface area (Å²) in [6, 6.07) is 11.1. The molecule has 1 aliphatic rings. The maximum atomic E-state index is 12.5. The Labute approximate surface area is 160 Å². The van der Waals surface area contributed by atoms with E-state index in [2.05, 4.69) is 17.1 Å². The van der Waals surface area contributed by atoms with Gasteiger partial charge >= 0.3 is 0 Å². The average Bonchev–Trinajstić information content (AvgIpc) is 3.24. The van der Waals surface area contributed by atoms with E-state index in [1.807, 2.05) is 24.3 Å². The van der Waals surface area contributed by atoms with Gasteiger partial charge in [-0.15, -0.1) is 0 Å². The van der Waals surface area contributed by atoms with E-state index in [1.54, 1.807) is 18.4 Å². The standard InChI is InChI=1S/C21H28N2O4/c1-2-3-12-26-18-8-6-17(7-9-18)21(24)22-16-19(20-5-4-13-27-20)23-10-14-25-15-11-23/h4-9,13,19H,2-3,10-12,14-16H2,1H3,(H,22,24)/t19-/m1/s1. The first-order valence-electron chi connectivity index (χ1n) is 9.64. The predicted octanol–water partition coefficient (Wildman–Crippen LogP) is 3.26. The second-order valence-corrected chi connectivity index (χ2v) is 6.62. The summed E-state index contributed by atoms with van der Waals surface area (Å²) in [4.78, 5) is 14.8. The first-order chi connectivity index (χ1) is 13.3. The van der Waals surface area contributed by atoms with E-state index in [1.165, 1.54) is 0 Å². The van der Waals surface area contributed by atoms with E-state index in [0.717, 1.165) is 37.4 Å². The van der Waals surface area contributed by atoms with Crippen molar-refractivity contribution in [2.24, 2.45) is 0 Å². The molecule has 1 aromatic heterocycles. The van der Waals surface area contributed by atoms with Gasteiger partial charge in [0.15, 0.2) is 0 Å². The largest absolute Gasteiger partial charge is 0.494 e. The summed E-state index contributed by atoms with van der Waals surface area (Å²) in [7, 11) is 0. The van der Waals surface area contributed by atoms with E-state index < -0.39 is 0 Å². The van der Waals surface area contributed by atoms with Gasteiger partial charge < -0.3 is 19.2 Å². The fourth-order valence-electron chi connectivity index (χ4n) is 3.11. The Morgan fingerprint density at radius 3 is 2.67 bits per heavy atom. The van der Waals surface area contributed by atoms with E-state index in [9.17, 15) is 4.79 Å². The number of furan rings is 1. The number of nitrogens with one attached hydrogen (secondary N) is 1. The normalized spacial score (nSPS) is 16.0. The van der Waals surface area contributed by atoms with Crippen LogP contribution in [0.3, 0.4) is 0 Å². The summed E-state index contributed by atoms with van der Waals surface area (Å²) in [5.74, 6) is 1.55. The Balaban J connectivity index is 1.57. The van der Waals surface area contributed by atoms with Gasteiger partial charge in [-0.3, -0.25) is 9.69 Å². The van der Waals surface area contributed by atoms with Gasteiger partial charge in [-0.2, -0.15) is 0 Å². The highest BCUT2D eigenvalue weighted by molar-refractivity contribution is 5.94. The summed E-state index contributed by atoms with van der Waals surface area (Å²) in [6.07, 6.45) is 3.79. The number of hydrogen-bond donors (Lipinski definition) is 1. The fraction of sp³-hybridized carbons (Fsp3) is 0.476. The van der Waals surface area contributed by atoms with Crippen molar-refractivity contribution in [3.8, 4) is 5.75 Å². The van der Waals surface area contributed by atoms with E-state index in [4.69, 9.17) is 13.9 Å². The van der Waals surface area contributed by atoms with Crippen molar-refractivity contribution < 1.29 is 18.7 Å². The summed E-state index contributed by atoms with van der Waals surface area (Å²) >= 11 is 0. The molecule has 1 aliphatic heterocycles. The smallest absolute Gasteiger partial charge is 0.251 e. The van der Waals surface area contributed by atoms with Crippen molar-refractivity contribution in [1.82, 2.24) is 10.2 Å². The number of rotatable bonds is 9. The number of hydrogen-bond acceptors (Lipinski definition) is 5. The minimum Gasteiger partial charge on any atom is -0.494 e. The number of nitrogens with zero attached hydrogens (tertiary/aromatic N) is 1. The molecule has 0 bridgehead atoms. The van der Waals surface area contributed by atoms with Gasteiger partial charge in [-0.1, -0.05) is 13.3 Å². The zero-order chi connectivity index (χ0) is 18.9. The molecule has 146 valence electrons. The Morgan fingerprint density at radius 1 is 1.22 bits per heavy atom. The van der Waals surface area contributed by atoms with E-state index >= 15 is 0 Å². The molecule has 1 atom stereocenters. The van der Waals surface area contributed by atoms with Crippen LogP contribution in [-0.4, -0.2) is 50.3 Å². The number of ether oxygens (including phenoxy) is 2. The highest BCUT2D eigenvalue weighted by Gasteiger charge is 2.25. The van der Waals surface area contributed by atoms with Crippen LogP contribution in [0.1, 0.15) is 41.9 Å². The molecule has 27 heavy (non-hydrogen) atoms. The van der Waals surface area contributed by atoms with Gasteiger partial charge in [0.1, 0.15) is 11.5 Å². The monoisotopic (exact) mass is 372 g/mol. The predicted molar refractivity (Wildman–Crippen MR) is 103 cm³/mol. The second kappa shape index (κ2) is 10.1. The van der Waals surface area contributed by atoms with Crippen LogP contribution in [0.5, 0.6) is 5.75 Å². The highest BCUT2D eigenvalue weighted by Crippen LogP contribution is 2.22. The average molecular weight is 372 g/mol. The van der Waals surface area contributed by atoms with Gasteiger partial charge in [-0.05, 0) is 42.8 Å². The molecule has 1 amide bonds. The van der Waals surface area contributed by atoms with E-state index in [-0.39, 0.29) is 11.9 Å². The molecule has 0 radical (unpaired) electrons. The third-order valence-electron chi connectivity index (χ3n) is 4.70. The van der Waals surface area contributed by atoms with Crippen molar-refractivity contribution >= 4 is 5.91 Å². The number of amides is 1. The number of carbonyl (C=O) groups excluding carboxylic acids is 1. The van der Waals surface area contributed by atoms with Crippen molar-refractivity contribution in [2.75, 3.05) is 39.5 Å². The Bertz CT molecular complexity index is 679. The third kappa shape index (κ3) is 5.58. The summed E-state index contributed by atoms with van der Waals surface area (Å²) < 4.78 is 16.7. The maximum absolute atomic E-state index is 12.5. The minimum absolute atomic E-state index is 0.00417. The summed E-state index contributed by atoms with van der Waals surface area (Å²) in [6.45, 7) is 6.36. The van der Waals surface area contributed by atoms with Gasteiger partial charge in [0, 0.05) is 25.2 Å². The first-order valence-corrected chi connectivity index (χ1v) is 9.64. The molecule has 0 aliphatic carbocycles. The Hall–Kier alpha value is -2.31. The Morgan fingerprint density at radius 2 is 2.00 bits per heavy atom. The van der Waals surface area contributed by atoms with Gasteiger partial charge in [0.25, 0.3) is 5.91 Å². The van der Waals surface area contributed by atoms with Crippen LogP contribution >= 0.6 is 0 Å². The zero-order valence-electron chi connectivity index (χ0n) is 15.9. The number of morpholine rings is 1. The quantitative estimate of drug-likeness (QED) is 0.685. The van der Waals surface area contributed by atoms with Crippen LogP contribution in [0.25, 0.3) is 0 Å². The number of carbonyl (C=O) groups is 1. The van der Waals surface area contributed by atoms with Crippen LogP contribution in [0.2, 0.25) is 0 Å². The lowest BCUT2D eigenvalue weighted by molar-refractivity contribution is 0.0118. The van der Waals surface area contributed by atoms with Crippen LogP contribution in [0.4, 0.5) is 0 Å². The molecule has 0 spiro atoms. The second-order valence-electron chi connectivity index (χ2n) is 6.62. The first kappa shape index (κ1) is 19.5. The number of benzene rings is 1. The highest BCUT2D eigenvalue weighted by atomic mass is 16.5. The van der Waals surface area contributed by atoms with Crippen molar-refractivity contribution in [3.63, 3.8) is 0 Å². The molecule has 2 heterocycles. The molecule has 0 unspecified atom stereocenters. The fourth-order valence-corrected chi connectivity index (χ4v) is 3.11. The Kier molecular flexibility index (Phi) is 7.30. The zero-order valence-corrected chi connectivity index (χ0v) is 15.9. The number of unbranched alkanes of at least 4 members (excludes halogenated alkanes) is 1. The third-order valence-corrected chi connectivity index (χ3v) is 4.70. The molecule has 0 saturated carbocycles. The maximum Gasteiger partial charge on any atom is 0.251 e. The lowest BCUT2D eigenvalue weighted by atomic mass is 10.1.